The summed E-state index contributed by atoms with van der Waals surface area (Å²) in [5.74, 6) is 1.38. The Kier molecular flexibility index (Phi) is 7.90. The van der Waals surface area contributed by atoms with Crippen LogP contribution in [-0.2, 0) is 6.42 Å². The molecule has 8 heteroatoms. The van der Waals surface area contributed by atoms with Gasteiger partial charge < -0.3 is 14.4 Å². The Labute approximate surface area is 215 Å². The minimum absolute atomic E-state index is 0. The van der Waals surface area contributed by atoms with Crippen LogP contribution in [0.3, 0.4) is 0 Å². The van der Waals surface area contributed by atoms with Gasteiger partial charge in [-0.2, -0.15) is 0 Å². The van der Waals surface area contributed by atoms with Gasteiger partial charge in [-0.15, -0.1) is 12.4 Å². The van der Waals surface area contributed by atoms with Crippen molar-refractivity contribution in [3.05, 3.63) is 83.4 Å². The summed E-state index contributed by atoms with van der Waals surface area (Å²) in [5.41, 5.74) is 3.89. The van der Waals surface area contributed by atoms with Crippen LogP contribution >= 0.6 is 23.7 Å². The number of halogens is 1. The number of thiazole rings is 1. The molecular weight excluding hydrogens is 482 g/mol. The third-order valence-electron chi connectivity index (χ3n) is 5.74. The average Bonchev–Trinajstić information content (AvgIpc) is 3.26. The lowest BCUT2D eigenvalue weighted by Gasteiger charge is -2.22. The molecule has 1 aliphatic rings. The second kappa shape index (κ2) is 11.1. The number of hydrogen-bond donors (Lipinski definition) is 0. The Bertz CT molecular complexity index is 1250. The smallest absolute Gasteiger partial charge is 0.260 e. The SMILES string of the molecule is CN(C)CCN(C(=O)c1ccc(Cc2ccccc2)cc1)c1nc2cc3c(cc2s1)OCCO3.Cl. The molecule has 4 aromatic rings. The molecule has 0 spiro atoms. The molecule has 3 aromatic carbocycles. The fourth-order valence-electron chi connectivity index (χ4n) is 3.90. The first-order chi connectivity index (χ1) is 16.6. The predicted octanol–water partition coefficient (Wildman–Crippen LogP) is 5.29. The van der Waals surface area contributed by atoms with Crippen molar-refractivity contribution in [2.75, 3.05) is 45.3 Å². The molecule has 0 fully saturated rings. The fraction of sp³-hybridized carbons (Fsp3) is 0.259. The maximum absolute atomic E-state index is 13.6. The first-order valence-corrected chi connectivity index (χ1v) is 12.2. The summed E-state index contributed by atoms with van der Waals surface area (Å²) in [4.78, 5) is 22.2. The molecule has 6 nitrogen and oxygen atoms in total. The lowest BCUT2D eigenvalue weighted by molar-refractivity contribution is 0.0985. The van der Waals surface area contributed by atoms with Crippen LogP contribution in [0.15, 0.2) is 66.7 Å². The molecule has 2 heterocycles. The van der Waals surface area contributed by atoms with E-state index in [2.05, 4.69) is 17.0 Å². The number of rotatable bonds is 7. The Hall–Kier alpha value is -3.13. The first kappa shape index (κ1) is 25.0. The van der Waals surface area contributed by atoms with E-state index in [1.807, 2.05) is 68.7 Å². The van der Waals surface area contributed by atoms with Crippen LogP contribution in [0.25, 0.3) is 10.2 Å². The standard InChI is InChI=1S/C27H27N3O3S.ClH/c1-29(2)12-13-30(27-28-22-17-23-24(18-25(22)34-27)33-15-14-32-23)26(31)21-10-8-20(9-11-21)16-19-6-4-3-5-7-19;/h3-11,17-18H,12-16H2,1-2H3;1H. The molecular formula is C27H28ClN3O3S. The molecule has 1 aliphatic heterocycles. The van der Waals surface area contributed by atoms with E-state index in [4.69, 9.17) is 14.5 Å². The second-order valence-electron chi connectivity index (χ2n) is 8.58. The number of anilines is 1. The maximum Gasteiger partial charge on any atom is 0.260 e. The topological polar surface area (TPSA) is 54.9 Å². The predicted molar refractivity (Wildman–Crippen MR) is 144 cm³/mol. The third kappa shape index (κ3) is 5.75. The molecule has 182 valence electrons. The summed E-state index contributed by atoms with van der Waals surface area (Å²) in [6, 6.07) is 22.1. The minimum atomic E-state index is -0.0515. The first-order valence-electron chi connectivity index (χ1n) is 11.4. The van der Waals surface area contributed by atoms with Gasteiger partial charge >= 0.3 is 0 Å². The number of benzene rings is 3. The van der Waals surface area contributed by atoms with Gasteiger partial charge in [-0.3, -0.25) is 9.69 Å². The van der Waals surface area contributed by atoms with Crippen molar-refractivity contribution in [3.63, 3.8) is 0 Å². The zero-order chi connectivity index (χ0) is 23.5. The number of carbonyl (C=O) groups excluding carboxylic acids is 1. The number of carbonyl (C=O) groups is 1. The Morgan fingerprint density at radius 1 is 0.914 bits per heavy atom. The van der Waals surface area contributed by atoms with Crippen molar-refractivity contribution in [3.8, 4) is 11.5 Å². The van der Waals surface area contributed by atoms with Crippen molar-refractivity contribution in [1.82, 2.24) is 9.88 Å². The highest BCUT2D eigenvalue weighted by atomic mass is 35.5. The molecule has 1 aromatic heterocycles. The van der Waals surface area contributed by atoms with Gasteiger partial charge in [0.05, 0.1) is 10.2 Å². The number of amides is 1. The van der Waals surface area contributed by atoms with Gasteiger partial charge in [-0.05, 0) is 43.8 Å². The monoisotopic (exact) mass is 509 g/mol. The van der Waals surface area contributed by atoms with Crippen LogP contribution in [0, 0.1) is 0 Å². The number of nitrogens with zero attached hydrogens (tertiary/aromatic N) is 3. The molecule has 1 amide bonds. The van der Waals surface area contributed by atoms with Crippen LogP contribution < -0.4 is 14.4 Å². The van der Waals surface area contributed by atoms with Crippen molar-refractivity contribution in [2.45, 2.75) is 6.42 Å². The highest BCUT2D eigenvalue weighted by Gasteiger charge is 2.23. The van der Waals surface area contributed by atoms with E-state index in [0.29, 0.717) is 36.2 Å². The fourth-order valence-corrected chi connectivity index (χ4v) is 4.91. The van der Waals surface area contributed by atoms with Gasteiger partial charge in [-0.25, -0.2) is 4.98 Å². The van der Waals surface area contributed by atoms with Crippen molar-refractivity contribution >= 4 is 45.0 Å². The lowest BCUT2D eigenvalue weighted by atomic mass is 10.0. The zero-order valence-electron chi connectivity index (χ0n) is 19.8. The van der Waals surface area contributed by atoms with Crippen LogP contribution in [-0.4, -0.2) is 56.2 Å². The summed E-state index contributed by atoms with van der Waals surface area (Å²) < 4.78 is 12.4. The summed E-state index contributed by atoms with van der Waals surface area (Å²) in [6.07, 6.45) is 0.840. The van der Waals surface area contributed by atoms with E-state index in [-0.39, 0.29) is 18.3 Å². The molecule has 0 aliphatic carbocycles. The third-order valence-corrected chi connectivity index (χ3v) is 6.78. The summed E-state index contributed by atoms with van der Waals surface area (Å²) in [5, 5.41) is 0.678. The average molecular weight is 510 g/mol. The molecule has 0 bridgehead atoms. The summed E-state index contributed by atoms with van der Waals surface area (Å²) in [6.45, 7) is 2.35. The van der Waals surface area contributed by atoms with E-state index in [1.54, 1.807) is 4.90 Å². The van der Waals surface area contributed by atoms with Crippen LogP contribution in [0.5, 0.6) is 11.5 Å². The Morgan fingerprint density at radius 3 is 2.26 bits per heavy atom. The highest BCUT2D eigenvalue weighted by Crippen LogP contribution is 2.39. The van der Waals surface area contributed by atoms with Gasteiger partial charge in [0.1, 0.15) is 13.2 Å². The van der Waals surface area contributed by atoms with Crippen LogP contribution in [0.4, 0.5) is 5.13 Å². The van der Waals surface area contributed by atoms with Crippen LogP contribution in [0.1, 0.15) is 21.5 Å². The van der Waals surface area contributed by atoms with Gasteiger partial charge in [0.2, 0.25) is 0 Å². The summed E-state index contributed by atoms with van der Waals surface area (Å²) >= 11 is 1.50. The molecule has 0 saturated heterocycles. The highest BCUT2D eigenvalue weighted by molar-refractivity contribution is 7.22. The molecule has 5 rings (SSSR count). The minimum Gasteiger partial charge on any atom is -0.486 e. The van der Waals surface area contributed by atoms with Gasteiger partial charge in [0.25, 0.3) is 5.91 Å². The normalized spacial score (nSPS) is 12.4. The van der Waals surface area contributed by atoms with E-state index < -0.39 is 0 Å². The van der Waals surface area contributed by atoms with Gasteiger partial charge in [0.15, 0.2) is 16.6 Å². The van der Waals surface area contributed by atoms with Gasteiger partial charge in [0, 0.05) is 30.8 Å². The molecule has 0 atom stereocenters. The van der Waals surface area contributed by atoms with Crippen molar-refractivity contribution in [2.24, 2.45) is 0 Å². The number of ether oxygens (including phenoxy) is 2. The maximum atomic E-state index is 13.6. The number of hydrogen-bond acceptors (Lipinski definition) is 6. The molecule has 0 radical (unpaired) electrons. The quantitative estimate of drug-likeness (QED) is 0.339. The molecule has 35 heavy (non-hydrogen) atoms. The van der Waals surface area contributed by atoms with E-state index in [0.717, 1.165) is 28.9 Å². The van der Waals surface area contributed by atoms with Crippen LogP contribution in [0.2, 0.25) is 0 Å². The lowest BCUT2D eigenvalue weighted by Crippen LogP contribution is -2.36. The Balaban J connectivity index is 0.00000289. The molecule has 0 unspecified atom stereocenters. The summed E-state index contributed by atoms with van der Waals surface area (Å²) in [7, 11) is 4.00. The second-order valence-corrected chi connectivity index (χ2v) is 9.59. The number of aromatic nitrogens is 1. The van der Waals surface area contributed by atoms with E-state index in [1.165, 1.54) is 22.5 Å². The zero-order valence-corrected chi connectivity index (χ0v) is 21.4. The van der Waals surface area contributed by atoms with E-state index >= 15 is 0 Å². The van der Waals surface area contributed by atoms with Gasteiger partial charge in [-0.1, -0.05) is 53.8 Å². The largest absolute Gasteiger partial charge is 0.486 e. The molecule has 0 N–H and O–H groups in total. The Morgan fingerprint density at radius 2 is 1.57 bits per heavy atom. The van der Waals surface area contributed by atoms with Crippen molar-refractivity contribution < 1.29 is 14.3 Å². The van der Waals surface area contributed by atoms with Crippen molar-refractivity contribution in [1.29, 1.82) is 0 Å². The molecule has 0 saturated carbocycles. The number of fused-ring (bicyclic) bond motifs is 2. The number of likely N-dealkylation sites (N-methyl/N-ethyl adjacent to an activating group) is 1. The van der Waals surface area contributed by atoms with E-state index in [9.17, 15) is 4.79 Å².